The second-order valence-corrected chi connectivity index (χ2v) is 5.47. The van der Waals surface area contributed by atoms with Crippen LogP contribution in [0.25, 0.3) is 0 Å². The van der Waals surface area contributed by atoms with Gasteiger partial charge >= 0.3 is 6.18 Å². The summed E-state index contributed by atoms with van der Waals surface area (Å²) in [5.41, 5.74) is 1.84. The Hall–Kier alpha value is -1.80. The van der Waals surface area contributed by atoms with Gasteiger partial charge < -0.3 is 15.7 Å². The number of primary amides is 1. The van der Waals surface area contributed by atoms with E-state index in [1.54, 1.807) is 0 Å². The van der Waals surface area contributed by atoms with Crippen molar-refractivity contribution in [2.45, 2.75) is 18.2 Å². The third-order valence-electron chi connectivity index (χ3n) is 3.51. The van der Waals surface area contributed by atoms with Gasteiger partial charge in [0.2, 0.25) is 0 Å². The molecule has 9 heteroatoms. The van der Waals surface area contributed by atoms with Crippen molar-refractivity contribution in [2.75, 3.05) is 13.1 Å². The summed E-state index contributed by atoms with van der Waals surface area (Å²) >= 11 is 5.49. The molecule has 0 aliphatic carbocycles. The number of β-amino-alcohol motifs (C(OH)–C–C–N with tert-alkyl or cyclic N) is 1. The minimum absolute atomic E-state index is 0.0161. The van der Waals surface area contributed by atoms with Gasteiger partial charge in [0, 0.05) is 18.5 Å². The number of aliphatic hydroxyl groups is 1. The van der Waals surface area contributed by atoms with Crippen molar-refractivity contribution in [1.29, 1.82) is 0 Å². The van der Waals surface area contributed by atoms with Crippen molar-refractivity contribution in [3.63, 3.8) is 0 Å². The molecule has 1 heterocycles. The minimum atomic E-state index is -4.69. The van der Waals surface area contributed by atoms with Gasteiger partial charge in [-0.25, -0.2) is 0 Å². The number of halogens is 4. The minimum Gasteiger partial charge on any atom is -0.378 e. The van der Waals surface area contributed by atoms with E-state index in [0.717, 1.165) is 17.0 Å². The lowest BCUT2D eigenvalue weighted by atomic mass is 10.0. The number of likely N-dealkylation sites (tertiary alicyclic amines) is 1. The normalized spacial score (nSPS) is 22.0. The Morgan fingerprint density at radius 1 is 1.36 bits per heavy atom. The van der Waals surface area contributed by atoms with Crippen LogP contribution < -0.4 is 5.73 Å². The summed E-state index contributed by atoms with van der Waals surface area (Å²) in [5.74, 6) is -1.71. The molecule has 0 bridgehead atoms. The molecule has 1 aromatic rings. The van der Waals surface area contributed by atoms with Crippen LogP contribution in [0.2, 0.25) is 5.02 Å². The summed E-state index contributed by atoms with van der Waals surface area (Å²) in [6.45, 7) is -0.340. The number of carbonyl (C=O) groups excluding carboxylic acids is 2. The highest BCUT2D eigenvalue weighted by Crippen LogP contribution is 2.35. The standard InChI is InChI=1S/C13H12ClF3N2O3/c14-9-2-1-7(5-8(9)13(15,16)17)10(20)19-4-3-12(22,6-19)11(18)21/h1-2,5,22H,3-4,6H2,(H2,18,21). The molecule has 1 aliphatic heterocycles. The van der Waals surface area contributed by atoms with Gasteiger partial charge in [0.15, 0.2) is 5.60 Å². The van der Waals surface area contributed by atoms with Gasteiger partial charge in [0.1, 0.15) is 0 Å². The van der Waals surface area contributed by atoms with Crippen LogP contribution in [0.5, 0.6) is 0 Å². The zero-order chi connectivity index (χ0) is 16.7. The molecule has 2 amide bonds. The molecule has 1 aliphatic rings. The molecule has 3 N–H and O–H groups in total. The van der Waals surface area contributed by atoms with Crippen molar-refractivity contribution < 1.29 is 27.9 Å². The van der Waals surface area contributed by atoms with E-state index >= 15 is 0 Å². The van der Waals surface area contributed by atoms with Crippen LogP contribution in [0.15, 0.2) is 18.2 Å². The number of nitrogens with two attached hydrogens (primary N) is 1. The van der Waals surface area contributed by atoms with Crippen LogP contribution in [0.3, 0.4) is 0 Å². The van der Waals surface area contributed by atoms with Crippen LogP contribution in [0, 0.1) is 0 Å². The molecule has 1 saturated heterocycles. The SMILES string of the molecule is NC(=O)C1(O)CCN(C(=O)c2ccc(Cl)c(C(F)(F)F)c2)C1. The fourth-order valence-corrected chi connectivity index (χ4v) is 2.45. The molecule has 0 spiro atoms. The van der Waals surface area contributed by atoms with Gasteiger partial charge in [-0.2, -0.15) is 13.2 Å². The van der Waals surface area contributed by atoms with Crippen molar-refractivity contribution in [3.8, 4) is 0 Å². The van der Waals surface area contributed by atoms with E-state index in [4.69, 9.17) is 17.3 Å². The average molecular weight is 337 g/mol. The van der Waals surface area contributed by atoms with Gasteiger partial charge in [-0.1, -0.05) is 11.6 Å². The van der Waals surface area contributed by atoms with E-state index in [9.17, 15) is 27.9 Å². The summed E-state index contributed by atoms with van der Waals surface area (Å²) in [6, 6.07) is 2.78. The third-order valence-corrected chi connectivity index (χ3v) is 3.84. The molecule has 0 aromatic heterocycles. The molecule has 1 atom stereocenters. The number of hydrogen-bond donors (Lipinski definition) is 2. The number of nitrogens with zero attached hydrogens (tertiary/aromatic N) is 1. The van der Waals surface area contributed by atoms with E-state index in [1.807, 2.05) is 0 Å². The van der Waals surface area contributed by atoms with Crippen LogP contribution in [0.1, 0.15) is 22.3 Å². The summed E-state index contributed by atoms with van der Waals surface area (Å²) in [7, 11) is 0. The van der Waals surface area contributed by atoms with Crippen LogP contribution in [-0.2, 0) is 11.0 Å². The molecule has 0 saturated carbocycles. The van der Waals surface area contributed by atoms with Crippen molar-refractivity contribution in [2.24, 2.45) is 5.73 Å². The molecular formula is C13H12ClF3N2O3. The third kappa shape index (κ3) is 3.02. The van der Waals surface area contributed by atoms with Crippen LogP contribution in [0.4, 0.5) is 13.2 Å². The number of hydrogen-bond acceptors (Lipinski definition) is 3. The fraction of sp³-hybridized carbons (Fsp3) is 0.385. The van der Waals surface area contributed by atoms with Gasteiger partial charge in [-0.3, -0.25) is 9.59 Å². The first-order chi connectivity index (χ1) is 10.0. The topological polar surface area (TPSA) is 83.6 Å². The lowest BCUT2D eigenvalue weighted by molar-refractivity contribution is -0.137. The first-order valence-corrected chi connectivity index (χ1v) is 6.61. The predicted octanol–water partition coefficient (Wildman–Crippen LogP) is 1.42. The largest absolute Gasteiger partial charge is 0.417 e. The van der Waals surface area contributed by atoms with Crippen molar-refractivity contribution >= 4 is 23.4 Å². The van der Waals surface area contributed by atoms with Crippen LogP contribution >= 0.6 is 11.6 Å². The number of amides is 2. The highest BCUT2D eigenvalue weighted by molar-refractivity contribution is 6.31. The van der Waals surface area contributed by atoms with E-state index in [1.165, 1.54) is 0 Å². The number of rotatable bonds is 2. The van der Waals surface area contributed by atoms with E-state index in [2.05, 4.69) is 0 Å². The molecule has 22 heavy (non-hydrogen) atoms. The molecule has 1 fully saturated rings. The first-order valence-electron chi connectivity index (χ1n) is 6.23. The summed E-state index contributed by atoms with van der Waals surface area (Å²) in [4.78, 5) is 24.4. The maximum absolute atomic E-state index is 12.8. The zero-order valence-electron chi connectivity index (χ0n) is 11.2. The maximum atomic E-state index is 12.8. The average Bonchev–Trinajstić information content (AvgIpc) is 2.81. The van der Waals surface area contributed by atoms with E-state index < -0.39 is 34.2 Å². The summed E-state index contributed by atoms with van der Waals surface area (Å²) in [5, 5.41) is 9.38. The Morgan fingerprint density at radius 2 is 2.00 bits per heavy atom. The Morgan fingerprint density at radius 3 is 2.50 bits per heavy atom. The molecule has 1 unspecified atom stereocenters. The lowest BCUT2D eigenvalue weighted by Gasteiger charge is -2.20. The van der Waals surface area contributed by atoms with E-state index in [0.29, 0.717) is 6.07 Å². The van der Waals surface area contributed by atoms with Crippen LogP contribution in [-0.4, -0.2) is 40.5 Å². The van der Waals surface area contributed by atoms with Crippen molar-refractivity contribution in [3.05, 3.63) is 34.3 Å². The highest BCUT2D eigenvalue weighted by atomic mass is 35.5. The fourth-order valence-electron chi connectivity index (χ4n) is 2.23. The molecule has 0 radical (unpaired) electrons. The number of benzene rings is 1. The van der Waals surface area contributed by atoms with Gasteiger partial charge in [-0.05, 0) is 18.2 Å². The monoisotopic (exact) mass is 336 g/mol. The zero-order valence-corrected chi connectivity index (χ0v) is 11.9. The first kappa shape index (κ1) is 16.6. The van der Waals surface area contributed by atoms with Crippen molar-refractivity contribution in [1.82, 2.24) is 4.90 Å². The molecule has 120 valence electrons. The second-order valence-electron chi connectivity index (χ2n) is 5.06. The van der Waals surface area contributed by atoms with Gasteiger partial charge in [0.05, 0.1) is 17.1 Å². The highest BCUT2D eigenvalue weighted by Gasteiger charge is 2.43. The van der Waals surface area contributed by atoms with E-state index in [-0.39, 0.29) is 25.1 Å². The maximum Gasteiger partial charge on any atom is 0.417 e. The summed E-state index contributed by atoms with van der Waals surface area (Å²) < 4.78 is 38.4. The predicted molar refractivity (Wildman–Crippen MR) is 71.1 cm³/mol. The van der Waals surface area contributed by atoms with Gasteiger partial charge in [-0.15, -0.1) is 0 Å². The Bertz CT molecular complexity index is 635. The second kappa shape index (κ2) is 5.44. The quantitative estimate of drug-likeness (QED) is 0.856. The molecule has 5 nitrogen and oxygen atoms in total. The Labute approximate surface area is 128 Å². The molecule has 1 aromatic carbocycles. The lowest BCUT2D eigenvalue weighted by Crippen LogP contribution is -2.46. The smallest absolute Gasteiger partial charge is 0.378 e. The Kier molecular flexibility index (Phi) is 4.09. The number of alkyl halides is 3. The van der Waals surface area contributed by atoms with Gasteiger partial charge in [0.25, 0.3) is 11.8 Å². The molecule has 2 rings (SSSR count). The Balaban J connectivity index is 2.27. The summed E-state index contributed by atoms with van der Waals surface area (Å²) in [6.07, 6.45) is -4.75. The number of carbonyl (C=O) groups is 2. The molecular weight excluding hydrogens is 325 g/mol.